The molecule has 3 rings (SSSR count). The highest BCUT2D eigenvalue weighted by Gasteiger charge is 2.10. The van der Waals surface area contributed by atoms with E-state index < -0.39 is 10.0 Å². The fourth-order valence-corrected chi connectivity index (χ4v) is 2.75. The highest BCUT2D eigenvalue weighted by atomic mass is 35.5. The van der Waals surface area contributed by atoms with Crippen LogP contribution in [0.2, 0.25) is 5.15 Å². The van der Waals surface area contributed by atoms with Gasteiger partial charge in [0, 0.05) is 13.2 Å². The van der Waals surface area contributed by atoms with Crippen molar-refractivity contribution in [2.24, 2.45) is 12.2 Å². The van der Waals surface area contributed by atoms with Gasteiger partial charge in [-0.1, -0.05) is 11.6 Å². The molecule has 0 amide bonds. The third kappa shape index (κ3) is 3.26. The predicted molar refractivity (Wildman–Crippen MR) is 86.5 cm³/mol. The molecule has 0 spiro atoms. The minimum atomic E-state index is -3.74. The Labute approximate surface area is 137 Å². The van der Waals surface area contributed by atoms with Crippen LogP contribution in [0.4, 0.5) is 5.69 Å². The minimum absolute atomic E-state index is 0.0251. The number of hydrogen-bond donors (Lipinski definition) is 2. The Hall–Kier alpha value is -2.23. The summed E-state index contributed by atoms with van der Waals surface area (Å²) in [6.45, 7) is 0.384. The number of halogens is 1. The number of pyridine rings is 2. The zero-order valence-corrected chi connectivity index (χ0v) is 13.6. The molecule has 0 aromatic carbocycles. The lowest BCUT2D eigenvalue weighted by Crippen LogP contribution is -2.13. The van der Waals surface area contributed by atoms with Gasteiger partial charge in [0.1, 0.15) is 10.0 Å². The van der Waals surface area contributed by atoms with Gasteiger partial charge in [-0.25, -0.2) is 18.5 Å². The number of nitrogens with one attached hydrogen (secondary N) is 1. The first-order valence-electron chi connectivity index (χ1n) is 6.54. The van der Waals surface area contributed by atoms with Crippen LogP contribution in [0.5, 0.6) is 0 Å². The number of primary sulfonamides is 1. The maximum atomic E-state index is 11.2. The van der Waals surface area contributed by atoms with Crippen LogP contribution in [0.3, 0.4) is 0 Å². The van der Waals surface area contributed by atoms with Gasteiger partial charge < -0.3 is 5.32 Å². The molecule has 10 heteroatoms. The van der Waals surface area contributed by atoms with E-state index in [0.29, 0.717) is 23.0 Å². The zero-order valence-electron chi connectivity index (χ0n) is 12.1. The number of fused-ring (bicyclic) bond motifs is 1. The van der Waals surface area contributed by atoms with Crippen molar-refractivity contribution in [1.82, 2.24) is 19.7 Å². The summed E-state index contributed by atoms with van der Waals surface area (Å²) in [6, 6.07) is 4.71. The molecule has 0 saturated heterocycles. The molecule has 3 N–H and O–H groups in total. The minimum Gasteiger partial charge on any atom is -0.379 e. The van der Waals surface area contributed by atoms with Crippen LogP contribution in [-0.2, 0) is 23.6 Å². The smallest absolute Gasteiger partial charge is 0.239 e. The van der Waals surface area contributed by atoms with E-state index in [1.807, 2.05) is 0 Å². The second kappa shape index (κ2) is 5.76. The van der Waals surface area contributed by atoms with Gasteiger partial charge in [-0.3, -0.25) is 9.67 Å². The van der Waals surface area contributed by atoms with Crippen molar-refractivity contribution in [2.45, 2.75) is 11.4 Å². The van der Waals surface area contributed by atoms with E-state index >= 15 is 0 Å². The lowest BCUT2D eigenvalue weighted by Gasteiger charge is -2.08. The molecular formula is C13H13ClN6O2S. The standard InChI is InChI=1S/C13H13ClN6O2S/c1-20-13-10(7-18-20)11(4-12(14)19-13)17-5-8-2-3-9(6-16-8)23(15,21)22/h2-4,6-7H,5H2,1H3,(H,17,19)(H2,15,21,22). The Morgan fingerprint density at radius 3 is 2.78 bits per heavy atom. The number of nitrogens with two attached hydrogens (primary N) is 1. The van der Waals surface area contributed by atoms with Crippen molar-refractivity contribution in [3.05, 3.63) is 41.4 Å². The Balaban J connectivity index is 1.84. The monoisotopic (exact) mass is 352 g/mol. The summed E-state index contributed by atoms with van der Waals surface area (Å²) in [5, 5.41) is 13.6. The number of anilines is 1. The predicted octanol–water partition coefficient (Wildman–Crippen LogP) is 1.28. The third-order valence-electron chi connectivity index (χ3n) is 3.26. The van der Waals surface area contributed by atoms with Gasteiger partial charge >= 0.3 is 0 Å². The topological polar surface area (TPSA) is 116 Å². The van der Waals surface area contributed by atoms with Crippen molar-refractivity contribution in [3.8, 4) is 0 Å². The van der Waals surface area contributed by atoms with Crippen LogP contribution in [0.25, 0.3) is 11.0 Å². The molecule has 0 radical (unpaired) electrons. The summed E-state index contributed by atoms with van der Waals surface area (Å²) in [6.07, 6.45) is 2.92. The zero-order chi connectivity index (χ0) is 16.6. The number of aryl methyl sites for hydroxylation is 1. The van der Waals surface area contributed by atoms with Gasteiger partial charge in [0.2, 0.25) is 10.0 Å². The summed E-state index contributed by atoms with van der Waals surface area (Å²) in [5.41, 5.74) is 2.09. The van der Waals surface area contributed by atoms with Crippen molar-refractivity contribution in [3.63, 3.8) is 0 Å². The average Bonchev–Trinajstić information content (AvgIpc) is 2.86. The van der Waals surface area contributed by atoms with Gasteiger partial charge in [-0.05, 0) is 18.2 Å². The van der Waals surface area contributed by atoms with Crippen molar-refractivity contribution >= 4 is 38.3 Å². The van der Waals surface area contributed by atoms with Crippen molar-refractivity contribution in [1.29, 1.82) is 0 Å². The summed E-state index contributed by atoms with van der Waals surface area (Å²) in [5.74, 6) is 0. The van der Waals surface area contributed by atoms with Gasteiger partial charge in [0.25, 0.3) is 0 Å². The third-order valence-corrected chi connectivity index (χ3v) is 4.35. The van der Waals surface area contributed by atoms with Crippen LogP contribution in [0, 0.1) is 0 Å². The normalized spacial score (nSPS) is 11.8. The molecule has 0 aliphatic heterocycles. The lowest BCUT2D eigenvalue weighted by atomic mass is 10.3. The van der Waals surface area contributed by atoms with E-state index in [0.717, 1.165) is 11.1 Å². The number of sulfonamides is 1. The molecule has 0 aliphatic rings. The van der Waals surface area contributed by atoms with Crippen LogP contribution >= 0.6 is 11.6 Å². The molecule has 0 saturated carbocycles. The number of aromatic nitrogens is 4. The first-order chi connectivity index (χ1) is 10.8. The van der Waals surface area contributed by atoms with Gasteiger partial charge in [0.05, 0.1) is 29.5 Å². The first kappa shape index (κ1) is 15.7. The van der Waals surface area contributed by atoms with Crippen LogP contribution < -0.4 is 10.5 Å². The summed E-state index contributed by atoms with van der Waals surface area (Å²) in [7, 11) is -1.96. The largest absolute Gasteiger partial charge is 0.379 e. The van der Waals surface area contributed by atoms with Crippen LogP contribution in [0.1, 0.15) is 5.69 Å². The van der Waals surface area contributed by atoms with Crippen molar-refractivity contribution < 1.29 is 8.42 Å². The highest BCUT2D eigenvalue weighted by molar-refractivity contribution is 7.89. The van der Waals surface area contributed by atoms with E-state index in [2.05, 4.69) is 20.4 Å². The SMILES string of the molecule is Cn1ncc2c(NCc3ccc(S(N)(=O)=O)cn3)cc(Cl)nc21. The fourth-order valence-electron chi connectivity index (χ4n) is 2.10. The molecule has 120 valence electrons. The molecule has 8 nitrogen and oxygen atoms in total. The molecule has 3 aromatic rings. The summed E-state index contributed by atoms with van der Waals surface area (Å²) in [4.78, 5) is 8.27. The molecule has 0 aliphatic carbocycles. The Bertz CT molecular complexity index is 968. The van der Waals surface area contributed by atoms with Gasteiger partial charge in [0.15, 0.2) is 5.65 Å². The number of rotatable bonds is 4. The Kier molecular flexibility index (Phi) is 3.92. The molecule has 0 unspecified atom stereocenters. The molecule has 0 fully saturated rings. The number of nitrogens with zero attached hydrogens (tertiary/aromatic N) is 4. The maximum Gasteiger partial charge on any atom is 0.239 e. The second-order valence-corrected chi connectivity index (χ2v) is 6.83. The summed E-state index contributed by atoms with van der Waals surface area (Å²) >= 11 is 6.02. The van der Waals surface area contributed by atoms with Crippen LogP contribution in [-0.4, -0.2) is 28.2 Å². The molecule has 3 heterocycles. The van der Waals surface area contributed by atoms with E-state index in [1.54, 1.807) is 30.1 Å². The van der Waals surface area contributed by atoms with E-state index in [9.17, 15) is 8.42 Å². The molecule has 23 heavy (non-hydrogen) atoms. The van der Waals surface area contributed by atoms with Crippen LogP contribution in [0.15, 0.2) is 35.5 Å². The average molecular weight is 353 g/mol. The van der Waals surface area contributed by atoms with Gasteiger partial charge in [-0.2, -0.15) is 5.10 Å². The first-order valence-corrected chi connectivity index (χ1v) is 8.47. The quantitative estimate of drug-likeness (QED) is 0.683. The van der Waals surface area contributed by atoms with Gasteiger partial charge in [-0.15, -0.1) is 0 Å². The lowest BCUT2D eigenvalue weighted by molar-refractivity contribution is 0.597. The molecular weight excluding hydrogens is 340 g/mol. The second-order valence-electron chi connectivity index (χ2n) is 4.88. The number of hydrogen-bond acceptors (Lipinski definition) is 6. The molecule has 0 bridgehead atoms. The summed E-state index contributed by atoms with van der Waals surface area (Å²) < 4.78 is 24.0. The van der Waals surface area contributed by atoms with E-state index in [-0.39, 0.29) is 4.90 Å². The fraction of sp³-hybridized carbons (Fsp3) is 0.154. The maximum absolute atomic E-state index is 11.2. The Morgan fingerprint density at radius 2 is 2.13 bits per heavy atom. The Morgan fingerprint density at radius 1 is 1.35 bits per heavy atom. The highest BCUT2D eigenvalue weighted by Crippen LogP contribution is 2.25. The molecule has 3 aromatic heterocycles. The molecule has 0 atom stereocenters. The van der Waals surface area contributed by atoms with Crippen molar-refractivity contribution in [2.75, 3.05) is 5.32 Å². The van der Waals surface area contributed by atoms with E-state index in [4.69, 9.17) is 16.7 Å². The van der Waals surface area contributed by atoms with E-state index in [1.165, 1.54) is 12.3 Å².